The highest BCUT2D eigenvalue weighted by Crippen LogP contribution is 2.17. The summed E-state index contributed by atoms with van der Waals surface area (Å²) in [5, 5.41) is 6.06. The van der Waals surface area contributed by atoms with Crippen molar-refractivity contribution in [2.45, 2.75) is 25.3 Å². The first kappa shape index (κ1) is 15.5. The second kappa shape index (κ2) is 7.78. The van der Waals surface area contributed by atoms with Crippen LogP contribution in [0.2, 0.25) is 0 Å². The van der Waals surface area contributed by atoms with Crippen LogP contribution in [0.15, 0.2) is 30.3 Å². The molecular formula is C16H22N2O3. The minimum absolute atomic E-state index is 0.110. The van der Waals surface area contributed by atoms with Gasteiger partial charge in [-0.25, -0.2) is 4.79 Å². The van der Waals surface area contributed by atoms with Gasteiger partial charge in [-0.05, 0) is 37.4 Å². The molecule has 1 fully saturated rings. The molecule has 2 N–H and O–H groups in total. The van der Waals surface area contributed by atoms with Gasteiger partial charge in [0.05, 0.1) is 7.11 Å². The Morgan fingerprint density at radius 3 is 2.76 bits per heavy atom. The Kier molecular flexibility index (Phi) is 5.75. The number of amides is 1. The fourth-order valence-electron chi connectivity index (χ4n) is 2.57. The number of nitrogens with one attached hydrogen (secondary N) is 2. The second-order valence-corrected chi connectivity index (χ2v) is 5.33. The van der Waals surface area contributed by atoms with E-state index in [1.54, 1.807) is 0 Å². The van der Waals surface area contributed by atoms with Gasteiger partial charge in [-0.15, -0.1) is 0 Å². The normalized spacial score (nSPS) is 19.0. The fourth-order valence-corrected chi connectivity index (χ4v) is 2.57. The number of hydrogen-bond donors (Lipinski definition) is 2. The van der Waals surface area contributed by atoms with Crippen LogP contribution >= 0.6 is 0 Å². The Bertz CT molecular complexity index is 470. The fraction of sp³-hybridized carbons (Fsp3) is 0.500. The van der Waals surface area contributed by atoms with E-state index in [0.29, 0.717) is 12.3 Å². The minimum Gasteiger partial charge on any atom is -0.467 e. The van der Waals surface area contributed by atoms with Gasteiger partial charge in [0.2, 0.25) is 5.91 Å². The molecule has 0 saturated carbocycles. The van der Waals surface area contributed by atoms with Crippen LogP contribution in [0.3, 0.4) is 0 Å². The van der Waals surface area contributed by atoms with Crippen LogP contribution in [0.4, 0.5) is 0 Å². The third-order valence-corrected chi connectivity index (χ3v) is 3.82. The Hall–Kier alpha value is -1.88. The van der Waals surface area contributed by atoms with Crippen LogP contribution in [-0.2, 0) is 14.3 Å². The maximum absolute atomic E-state index is 12.1. The molecule has 2 rings (SSSR count). The van der Waals surface area contributed by atoms with Crippen LogP contribution in [0.1, 0.15) is 30.9 Å². The first-order chi connectivity index (χ1) is 10.2. The molecule has 0 bridgehead atoms. The molecule has 1 amide bonds. The molecule has 0 radical (unpaired) electrons. The van der Waals surface area contributed by atoms with Crippen LogP contribution < -0.4 is 10.6 Å². The number of methoxy groups -OCH3 is 1. The van der Waals surface area contributed by atoms with Gasteiger partial charge in [0.1, 0.15) is 0 Å². The van der Waals surface area contributed by atoms with Crippen molar-refractivity contribution in [2.24, 2.45) is 5.92 Å². The zero-order valence-electron chi connectivity index (χ0n) is 12.3. The molecule has 5 nitrogen and oxygen atoms in total. The molecule has 1 aromatic carbocycles. The quantitative estimate of drug-likeness (QED) is 0.777. The van der Waals surface area contributed by atoms with Crippen molar-refractivity contribution in [2.75, 3.05) is 20.2 Å². The lowest BCUT2D eigenvalue weighted by molar-refractivity contribution is -0.145. The largest absolute Gasteiger partial charge is 0.467 e. The molecule has 114 valence electrons. The average molecular weight is 290 g/mol. The van der Waals surface area contributed by atoms with Crippen molar-refractivity contribution in [3.63, 3.8) is 0 Å². The highest BCUT2D eigenvalue weighted by atomic mass is 16.5. The molecule has 21 heavy (non-hydrogen) atoms. The van der Waals surface area contributed by atoms with Crippen molar-refractivity contribution >= 4 is 11.9 Å². The molecule has 1 aromatic rings. The second-order valence-electron chi connectivity index (χ2n) is 5.33. The summed E-state index contributed by atoms with van der Waals surface area (Å²) in [5.74, 6) is 0.00212. The summed E-state index contributed by atoms with van der Waals surface area (Å²) in [5.41, 5.74) is 0.736. The molecule has 0 aromatic heterocycles. The van der Waals surface area contributed by atoms with E-state index in [1.807, 2.05) is 30.3 Å². The standard InChI is InChI=1S/C16H22N2O3/c1-21-16(20)15(13-5-3-2-4-6-13)18-14(19)8-7-12-9-10-17-11-12/h2-6,12,15,17H,7-11H2,1H3,(H,18,19). The Labute approximate surface area is 125 Å². The van der Waals surface area contributed by atoms with Gasteiger partial charge < -0.3 is 15.4 Å². The molecular weight excluding hydrogens is 268 g/mol. The number of carbonyl (C=O) groups excluding carboxylic acids is 2. The Balaban J connectivity index is 1.91. The Morgan fingerprint density at radius 1 is 1.38 bits per heavy atom. The smallest absolute Gasteiger partial charge is 0.333 e. The highest BCUT2D eigenvalue weighted by molar-refractivity contribution is 5.85. The van der Waals surface area contributed by atoms with E-state index < -0.39 is 12.0 Å². The van der Waals surface area contributed by atoms with Crippen LogP contribution in [-0.4, -0.2) is 32.1 Å². The molecule has 5 heteroatoms. The lowest BCUT2D eigenvalue weighted by atomic mass is 10.0. The van der Waals surface area contributed by atoms with Crippen molar-refractivity contribution in [3.8, 4) is 0 Å². The first-order valence-corrected chi connectivity index (χ1v) is 7.33. The van der Waals surface area contributed by atoms with Gasteiger partial charge in [-0.3, -0.25) is 4.79 Å². The predicted molar refractivity (Wildman–Crippen MR) is 79.6 cm³/mol. The molecule has 1 heterocycles. The zero-order valence-corrected chi connectivity index (χ0v) is 12.3. The van der Waals surface area contributed by atoms with E-state index in [4.69, 9.17) is 4.74 Å². The maximum atomic E-state index is 12.1. The third-order valence-electron chi connectivity index (χ3n) is 3.82. The molecule has 0 aliphatic carbocycles. The van der Waals surface area contributed by atoms with E-state index >= 15 is 0 Å². The van der Waals surface area contributed by atoms with E-state index in [9.17, 15) is 9.59 Å². The summed E-state index contributed by atoms with van der Waals surface area (Å²) in [7, 11) is 1.33. The van der Waals surface area contributed by atoms with E-state index in [2.05, 4.69) is 10.6 Å². The minimum atomic E-state index is -0.731. The number of benzene rings is 1. The van der Waals surface area contributed by atoms with Gasteiger partial charge in [0.25, 0.3) is 0 Å². The number of carbonyl (C=O) groups is 2. The predicted octanol–water partition coefficient (Wildman–Crippen LogP) is 1.41. The van der Waals surface area contributed by atoms with Gasteiger partial charge in [-0.2, -0.15) is 0 Å². The SMILES string of the molecule is COC(=O)C(NC(=O)CCC1CCNC1)c1ccccc1. The van der Waals surface area contributed by atoms with E-state index in [-0.39, 0.29) is 5.91 Å². The number of rotatable bonds is 6. The van der Waals surface area contributed by atoms with Gasteiger partial charge in [0, 0.05) is 6.42 Å². The summed E-state index contributed by atoms with van der Waals surface area (Å²) < 4.78 is 4.78. The van der Waals surface area contributed by atoms with Gasteiger partial charge in [0.15, 0.2) is 6.04 Å². The van der Waals surface area contributed by atoms with Crippen LogP contribution in [0.5, 0.6) is 0 Å². The number of ether oxygens (including phenoxy) is 1. The monoisotopic (exact) mass is 290 g/mol. The lowest BCUT2D eigenvalue weighted by Gasteiger charge is -2.17. The van der Waals surface area contributed by atoms with Crippen molar-refractivity contribution in [1.29, 1.82) is 0 Å². The number of hydrogen-bond acceptors (Lipinski definition) is 4. The summed E-state index contributed by atoms with van der Waals surface area (Å²) in [4.78, 5) is 23.9. The number of esters is 1. The summed E-state index contributed by atoms with van der Waals surface area (Å²) in [6.07, 6.45) is 2.40. The van der Waals surface area contributed by atoms with Gasteiger partial charge in [-0.1, -0.05) is 30.3 Å². The lowest BCUT2D eigenvalue weighted by Crippen LogP contribution is -2.34. The Morgan fingerprint density at radius 2 is 2.14 bits per heavy atom. The van der Waals surface area contributed by atoms with Crippen molar-refractivity contribution in [1.82, 2.24) is 10.6 Å². The van der Waals surface area contributed by atoms with Gasteiger partial charge >= 0.3 is 5.97 Å². The van der Waals surface area contributed by atoms with E-state index in [1.165, 1.54) is 7.11 Å². The molecule has 1 aliphatic heterocycles. The van der Waals surface area contributed by atoms with Crippen LogP contribution in [0.25, 0.3) is 0 Å². The molecule has 0 spiro atoms. The van der Waals surface area contributed by atoms with E-state index in [0.717, 1.165) is 31.5 Å². The van der Waals surface area contributed by atoms with Crippen molar-refractivity contribution in [3.05, 3.63) is 35.9 Å². The topological polar surface area (TPSA) is 67.4 Å². The van der Waals surface area contributed by atoms with Crippen molar-refractivity contribution < 1.29 is 14.3 Å². The molecule has 1 aliphatic rings. The summed E-state index contributed by atoms with van der Waals surface area (Å²) in [6, 6.07) is 8.42. The summed E-state index contributed by atoms with van der Waals surface area (Å²) >= 11 is 0. The first-order valence-electron chi connectivity index (χ1n) is 7.33. The third kappa shape index (κ3) is 4.56. The average Bonchev–Trinajstić information content (AvgIpc) is 3.04. The van der Waals surface area contributed by atoms with Crippen LogP contribution in [0, 0.1) is 5.92 Å². The molecule has 1 saturated heterocycles. The summed E-state index contributed by atoms with van der Waals surface area (Å²) in [6.45, 7) is 2.01. The maximum Gasteiger partial charge on any atom is 0.333 e. The zero-order chi connectivity index (χ0) is 15.1. The molecule has 2 atom stereocenters. The molecule has 2 unspecified atom stereocenters. The highest BCUT2D eigenvalue weighted by Gasteiger charge is 2.24.